The topological polar surface area (TPSA) is 58.8 Å². The molecule has 1 aromatic carbocycles. The molecule has 6 heteroatoms. The second-order valence-corrected chi connectivity index (χ2v) is 4.75. The maximum atomic E-state index is 10.6. The van der Waals surface area contributed by atoms with E-state index in [9.17, 15) is 10.1 Å². The van der Waals surface area contributed by atoms with Crippen LogP contribution in [0.3, 0.4) is 0 Å². The van der Waals surface area contributed by atoms with Crippen molar-refractivity contribution in [1.29, 1.82) is 0 Å². The average Bonchev–Trinajstić information content (AvgIpc) is 2.41. The molecule has 1 saturated heterocycles. The van der Waals surface area contributed by atoms with Crippen LogP contribution in [-0.2, 0) is 0 Å². The van der Waals surface area contributed by atoms with E-state index in [2.05, 4.69) is 16.8 Å². The van der Waals surface area contributed by atoms with Gasteiger partial charge in [0.1, 0.15) is 12.4 Å². The molecule has 0 unspecified atom stereocenters. The molecule has 0 bridgehead atoms. The Morgan fingerprint density at radius 1 is 1.32 bits per heavy atom. The van der Waals surface area contributed by atoms with E-state index in [0.717, 1.165) is 32.7 Å². The normalized spacial score (nSPS) is 17.3. The van der Waals surface area contributed by atoms with Crippen LogP contribution in [0.5, 0.6) is 5.75 Å². The van der Waals surface area contributed by atoms with Crippen molar-refractivity contribution < 1.29 is 9.66 Å². The number of hydrogen-bond donors (Lipinski definition) is 0. The van der Waals surface area contributed by atoms with Crippen molar-refractivity contribution in [3.8, 4) is 5.75 Å². The molecule has 0 saturated carbocycles. The Hall–Kier alpha value is -1.66. The third-order valence-electron chi connectivity index (χ3n) is 3.30. The Bertz CT molecular complexity index is 431. The Kier molecular flexibility index (Phi) is 4.70. The van der Waals surface area contributed by atoms with Crippen LogP contribution in [0.4, 0.5) is 5.69 Å². The van der Waals surface area contributed by atoms with E-state index in [-0.39, 0.29) is 5.69 Å². The first-order chi connectivity index (χ1) is 9.15. The highest BCUT2D eigenvalue weighted by Crippen LogP contribution is 2.18. The minimum Gasteiger partial charge on any atom is -0.492 e. The summed E-state index contributed by atoms with van der Waals surface area (Å²) in [6.45, 7) is 5.68. The lowest BCUT2D eigenvalue weighted by atomic mass is 10.3. The van der Waals surface area contributed by atoms with Gasteiger partial charge in [-0.1, -0.05) is 6.07 Å². The van der Waals surface area contributed by atoms with Gasteiger partial charge in [-0.2, -0.15) is 0 Å². The van der Waals surface area contributed by atoms with Crippen molar-refractivity contribution in [3.05, 3.63) is 34.4 Å². The SMILES string of the molecule is CN1CCN(CCOc2cccc([N+](=O)[O-])c2)CC1. The number of nitro groups is 1. The first-order valence-electron chi connectivity index (χ1n) is 6.43. The smallest absolute Gasteiger partial charge is 0.273 e. The van der Waals surface area contributed by atoms with Crippen molar-refractivity contribution in [2.75, 3.05) is 46.4 Å². The average molecular weight is 265 g/mol. The minimum absolute atomic E-state index is 0.0668. The Labute approximate surface area is 112 Å². The molecule has 0 atom stereocenters. The molecule has 2 rings (SSSR count). The summed E-state index contributed by atoms with van der Waals surface area (Å²) in [4.78, 5) is 14.9. The van der Waals surface area contributed by atoms with Crippen LogP contribution in [0.2, 0.25) is 0 Å². The molecule has 0 aromatic heterocycles. The van der Waals surface area contributed by atoms with E-state index >= 15 is 0 Å². The van der Waals surface area contributed by atoms with Crippen molar-refractivity contribution in [2.24, 2.45) is 0 Å². The summed E-state index contributed by atoms with van der Waals surface area (Å²) < 4.78 is 5.57. The second-order valence-electron chi connectivity index (χ2n) is 4.75. The van der Waals surface area contributed by atoms with Crippen LogP contribution in [0.15, 0.2) is 24.3 Å². The molecule has 0 amide bonds. The predicted molar refractivity (Wildman–Crippen MR) is 72.5 cm³/mol. The van der Waals surface area contributed by atoms with Gasteiger partial charge >= 0.3 is 0 Å². The van der Waals surface area contributed by atoms with Crippen molar-refractivity contribution in [3.63, 3.8) is 0 Å². The second kappa shape index (κ2) is 6.49. The number of piperazine rings is 1. The summed E-state index contributed by atoms with van der Waals surface area (Å²) in [5, 5.41) is 10.6. The van der Waals surface area contributed by atoms with E-state index in [0.29, 0.717) is 12.4 Å². The molecule has 1 aromatic rings. The van der Waals surface area contributed by atoms with Gasteiger partial charge in [-0.25, -0.2) is 0 Å². The molecule has 6 nitrogen and oxygen atoms in total. The van der Waals surface area contributed by atoms with Gasteiger partial charge in [0.2, 0.25) is 0 Å². The first kappa shape index (κ1) is 13.8. The maximum absolute atomic E-state index is 10.6. The van der Waals surface area contributed by atoms with Crippen LogP contribution in [0.1, 0.15) is 0 Å². The Balaban J connectivity index is 1.76. The highest BCUT2D eigenvalue weighted by Gasteiger charge is 2.13. The summed E-state index contributed by atoms with van der Waals surface area (Å²) >= 11 is 0. The van der Waals surface area contributed by atoms with Crippen LogP contribution in [-0.4, -0.2) is 61.1 Å². The van der Waals surface area contributed by atoms with Gasteiger partial charge in [0.25, 0.3) is 5.69 Å². The van der Waals surface area contributed by atoms with Gasteiger partial charge < -0.3 is 9.64 Å². The third-order valence-corrected chi connectivity index (χ3v) is 3.30. The number of likely N-dealkylation sites (N-methyl/N-ethyl adjacent to an activating group) is 1. The van der Waals surface area contributed by atoms with Crippen molar-refractivity contribution >= 4 is 5.69 Å². The van der Waals surface area contributed by atoms with Gasteiger partial charge in [-0.3, -0.25) is 15.0 Å². The van der Waals surface area contributed by atoms with Crippen molar-refractivity contribution in [2.45, 2.75) is 0 Å². The van der Waals surface area contributed by atoms with E-state index in [1.165, 1.54) is 12.1 Å². The monoisotopic (exact) mass is 265 g/mol. The lowest BCUT2D eigenvalue weighted by Crippen LogP contribution is -2.45. The molecule has 0 radical (unpaired) electrons. The molecule has 19 heavy (non-hydrogen) atoms. The predicted octanol–water partition coefficient (Wildman–Crippen LogP) is 1.22. The molecule has 1 heterocycles. The number of benzene rings is 1. The Morgan fingerprint density at radius 2 is 2.05 bits per heavy atom. The fraction of sp³-hybridized carbons (Fsp3) is 0.538. The standard InChI is InChI=1S/C13H19N3O3/c1-14-5-7-15(8-6-14)9-10-19-13-4-2-3-12(11-13)16(17)18/h2-4,11H,5-10H2,1H3. The van der Waals surface area contributed by atoms with E-state index in [1.807, 2.05) is 0 Å². The fourth-order valence-electron chi connectivity index (χ4n) is 2.05. The van der Waals surface area contributed by atoms with E-state index in [1.54, 1.807) is 12.1 Å². The van der Waals surface area contributed by atoms with Gasteiger partial charge in [-0.15, -0.1) is 0 Å². The van der Waals surface area contributed by atoms with E-state index < -0.39 is 4.92 Å². The summed E-state index contributed by atoms with van der Waals surface area (Å²) in [5.41, 5.74) is 0.0668. The quantitative estimate of drug-likeness (QED) is 0.592. The highest BCUT2D eigenvalue weighted by atomic mass is 16.6. The number of nitro benzene ring substituents is 1. The molecule has 1 fully saturated rings. The third kappa shape index (κ3) is 4.18. The largest absolute Gasteiger partial charge is 0.492 e. The molecule has 0 N–H and O–H groups in total. The molecule has 1 aliphatic rings. The summed E-state index contributed by atoms with van der Waals surface area (Å²) in [6, 6.07) is 6.32. The summed E-state index contributed by atoms with van der Waals surface area (Å²) in [5.74, 6) is 0.559. The zero-order chi connectivity index (χ0) is 13.7. The molecule has 0 spiro atoms. The van der Waals surface area contributed by atoms with Gasteiger partial charge in [0.05, 0.1) is 11.0 Å². The molecule has 104 valence electrons. The zero-order valence-corrected chi connectivity index (χ0v) is 11.1. The summed E-state index contributed by atoms with van der Waals surface area (Å²) in [7, 11) is 2.12. The number of rotatable bonds is 5. The van der Waals surface area contributed by atoms with Gasteiger partial charge in [-0.05, 0) is 13.1 Å². The lowest BCUT2D eigenvalue weighted by Gasteiger charge is -2.32. The fourth-order valence-corrected chi connectivity index (χ4v) is 2.05. The number of nitrogens with zero attached hydrogens (tertiary/aromatic N) is 3. The van der Waals surface area contributed by atoms with Crippen LogP contribution < -0.4 is 4.74 Å². The van der Waals surface area contributed by atoms with Crippen LogP contribution in [0, 0.1) is 10.1 Å². The van der Waals surface area contributed by atoms with Crippen LogP contribution in [0.25, 0.3) is 0 Å². The van der Waals surface area contributed by atoms with Gasteiger partial charge in [0, 0.05) is 38.8 Å². The van der Waals surface area contributed by atoms with Crippen molar-refractivity contribution in [1.82, 2.24) is 9.80 Å². The molecular weight excluding hydrogens is 246 g/mol. The lowest BCUT2D eigenvalue weighted by molar-refractivity contribution is -0.384. The zero-order valence-electron chi connectivity index (χ0n) is 11.1. The number of non-ortho nitro benzene ring substituents is 1. The number of hydrogen-bond acceptors (Lipinski definition) is 5. The molecular formula is C13H19N3O3. The van der Waals surface area contributed by atoms with Crippen LogP contribution >= 0.6 is 0 Å². The van der Waals surface area contributed by atoms with Gasteiger partial charge in [0.15, 0.2) is 0 Å². The number of ether oxygens (including phenoxy) is 1. The Morgan fingerprint density at radius 3 is 2.74 bits per heavy atom. The highest BCUT2D eigenvalue weighted by molar-refractivity contribution is 5.37. The molecule has 0 aliphatic carbocycles. The first-order valence-corrected chi connectivity index (χ1v) is 6.43. The minimum atomic E-state index is -0.409. The summed E-state index contributed by atoms with van der Waals surface area (Å²) in [6.07, 6.45) is 0. The van der Waals surface area contributed by atoms with E-state index in [4.69, 9.17) is 4.74 Å². The molecule has 1 aliphatic heterocycles. The maximum Gasteiger partial charge on any atom is 0.273 e.